The molecular formula is C22H28N2O2S. The Morgan fingerprint density at radius 1 is 1.26 bits per heavy atom. The Balaban J connectivity index is 1.92. The summed E-state index contributed by atoms with van der Waals surface area (Å²) in [5, 5.41) is 3.73. The molecule has 0 spiro atoms. The third kappa shape index (κ3) is 4.41. The summed E-state index contributed by atoms with van der Waals surface area (Å²) >= 11 is 1.58. The number of thiophene rings is 1. The Morgan fingerprint density at radius 3 is 2.70 bits per heavy atom. The van der Waals surface area contributed by atoms with Crippen LogP contribution in [-0.2, 0) is 12.8 Å². The highest BCUT2D eigenvalue weighted by Crippen LogP contribution is 2.40. The maximum atomic E-state index is 13.2. The smallest absolute Gasteiger partial charge is 0.256 e. The van der Waals surface area contributed by atoms with E-state index in [0.29, 0.717) is 22.0 Å². The first-order valence-electron chi connectivity index (χ1n) is 9.77. The number of nitrogens with zero attached hydrogens (tertiary/aromatic N) is 1. The zero-order chi connectivity index (χ0) is 19.4. The van der Waals surface area contributed by atoms with E-state index in [1.165, 1.54) is 4.88 Å². The minimum atomic E-state index is -0.160. The number of rotatable bonds is 6. The van der Waals surface area contributed by atoms with Gasteiger partial charge in [-0.15, -0.1) is 11.3 Å². The normalized spacial score (nSPS) is 15.9. The van der Waals surface area contributed by atoms with Crippen LogP contribution >= 0.6 is 11.3 Å². The molecule has 1 atom stereocenters. The van der Waals surface area contributed by atoms with E-state index in [1.807, 2.05) is 25.2 Å². The predicted octanol–water partition coefficient (Wildman–Crippen LogP) is 5.00. The number of carbonyl (C=O) groups is 2. The van der Waals surface area contributed by atoms with E-state index in [-0.39, 0.29) is 11.8 Å². The summed E-state index contributed by atoms with van der Waals surface area (Å²) in [7, 11) is 1.86. The molecule has 0 fully saturated rings. The lowest BCUT2D eigenvalue weighted by Crippen LogP contribution is -2.29. The monoisotopic (exact) mass is 384 g/mol. The fourth-order valence-electron chi connectivity index (χ4n) is 3.52. The molecule has 27 heavy (non-hydrogen) atoms. The Labute approximate surface area is 165 Å². The first-order chi connectivity index (χ1) is 13.0. The van der Waals surface area contributed by atoms with E-state index in [2.05, 4.69) is 19.2 Å². The average Bonchev–Trinajstić information content (AvgIpc) is 3.02. The highest BCUT2D eigenvalue weighted by molar-refractivity contribution is 7.17. The number of anilines is 1. The molecule has 0 radical (unpaired) electrons. The van der Waals surface area contributed by atoms with Crippen molar-refractivity contribution in [2.75, 3.05) is 18.9 Å². The number of fused-ring (bicyclic) bond motifs is 1. The standard InChI is InChI=1S/C22H28N2O2S/c1-4-5-13-24(3)22(26)19-17-12-11-15(2)14-18(17)27-21(19)23-20(25)16-9-7-6-8-10-16/h6-10,15H,4-5,11-14H2,1-3H3,(H,23,25)/t15-/m1/s1. The van der Waals surface area contributed by atoms with Gasteiger partial charge in [0.1, 0.15) is 5.00 Å². The molecule has 4 nitrogen and oxygen atoms in total. The van der Waals surface area contributed by atoms with Crippen LogP contribution < -0.4 is 5.32 Å². The number of unbranched alkanes of at least 4 members (excludes halogenated alkanes) is 1. The highest BCUT2D eigenvalue weighted by atomic mass is 32.1. The van der Waals surface area contributed by atoms with Gasteiger partial charge in [-0.1, -0.05) is 38.5 Å². The van der Waals surface area contributed by atoms with Crippen molar-refractivity contribution in [2.45, 2.75) is 46.0 Å². The molecular weight excluding hydrogens is 356 g/mol. The van der Waals surface area contributed by atoms with Crippen LogP contribution in [0, 0.1) is 5.92 Å². The van der Waals surface area contributed by atoms with Crippen molar-refractivity contribution in [3.05, 3.63) is 51.9 Å². The molecule has 0 aliphatic heterocycles. The Hall–Kier alpha value is -2.14. The lowest BCUT2D eigenvalue weighted by atomic mass is 9.88. The Kier molecular flexibility index (Phi) is 6.32. The number of nitrogens with one attached hydrogen (secondary N) is 1. The van der Waals surface area contributed by atoms with Crippen molar-refractivity contribution < 1.29 is 9.59 Å². The molecule has 2 aromatic rings. The van der Waals surface area contributed by atoms with Crippen LogP contribution in [0.15, 0.2) is 30.3 Å². The first-order valence-corrected chi connectivity index (χ1v) is 10.6. The van der Waals surface area contributed by atoms with Gasteiger partial charge in [0.2, 0.25) is 0 Å². The maximum Gasteiger partial charge on any atom is 0.256 e. The summed E-state index contributed by atoms with van der Waals surface area (Å²) in [5.74, 6) is 0.487. The molecule has 1 aromatic carbocycles. The molecule has 1 N–H and O–H groups in total. The number of amides is 2. The van der Waals surface area contributed by atoms with Crippen molar-refractivity contribution in [3.63, 3.8) is 0 Å². The third-order valence-corrected chi connectivity index (χ3v) is 6.35. The van der Waals surface area contributed by atoms with Crippen LogP contribution in [0.3, 0.4) is 0 Å². The topological polar surface area (TPSA) is 49.4 Å². The summed E-state index contributed by atoms with van der Waals surface area (Å²) in [6, 6.07) is 9.17. The van der Waals surface area contributed by atoms with E-state index < -0.39 is 0 Å². The van der Waals surface area contributed by atoms with Gasteiger partial charge >= 0.3 is 0 Å². The second-order valence-corrected chi connectivity index (χ2v) is 8.56. The van der Waals surface area contributed by atoms with Crippen LogP contribution in [0.4, 0.5) is 5.00 Å². The van der Waals surface area contributed by atoms with Crippen LogP contribution in [0.2, 0.25) is 0 Å². The zero-order valence-electron chi connectivity index (χ0n) is 16.4. The third-order valence-electron chi connectivity index (χ3n) is 5.18. The highest BCUT2D eigenvalue weighted by Gasteiger charge is 2.29. The van der Waals surface area contributed by atoms with Crippen LogP contribution in [0.1, 0.15) is 64.3 Å². The molecule has 144 valence electrons. The quantitative estimate of drug-likeness (QED) is 0.762. The fourth-order valence-corrected chi connectivity index (χ4v) is 4.92. The molecule has 1 aliphatic rings. The van der Waals surface area contributed by atoms with E-state index in [0.717, 1.165) is 44.2 Å². The van der Waals surface area contributed by atoms with E-state index in [1.54, 1.807) is 28.4 Å². The molecule has 0 unspecified atom stereocenters. The van der Waals surface area contributed by atoms with Gasteiger partial charge < -0.3 is 10.2 Å². The van der Waals surface area contributed by atoms with E-state index in [4.69, 9.17) is 0 Å². The summed E-state index contributed by atoms with van der Waals surface area (Å²) in [6.45, 7) is 5.11. The van der Waals surface area contributed by atoms with Gasteiger partial charge in [0.05, 0.1) is 5.56 Å². The van der Waals surface area contributed by atoms with Gasteiger partial charge in [-0.25, -0.2) is 0 Å². The van der Waals surface area contributed by atoms with Gasteiger partial charge in [0.25, 0.3) is 11.8 Å². The van der Waals surface area contributed by atoms with Crippen molar-refractivity contribution in [2.24, 2.45) is 5.92 Å². The maximum absolute atomic E-state index is 13.2. The summed E-state index contributed by atoms with van der Waals surface area (Å²) < 4.78 is 0. The van der Waals surface area contributed by atoms with Crippen LogP contribution in [0.25, 0.3) is 0 Å². The lowest BCUT2D eigenvalue weighted by Gasteiger charge is -2.21. The minimum Gasteiger partial charge on any atom is -0.342 e. The second-order valence-electron chi connectivity index (χ2n) is 7.46. The van der Waals surface area contributed by atoms with Crippen molar-refractivity contribution in [1.29, 1.82) is 0 Å². The van der Waals surface area contributed by atoms with E-state index in [9.17, 15) is 9.59 Å². The van der Waals surface area contributed by atoms with Gasteiger partial charge in [-0.05, 0) is 49.3 Å². The van der Waals surface area contributed by atoms with E-state index >= 15 is 0 Å². The Morgan fingerprint density at radius 2 is 2.00 bits per heavy atom. The molecule has 1 aromatic heterocycles. The Bertz CT molecular complexity index is 813. The number of carbonyl (C=O) groups excluding carboxylic acids is 2. The molecule has 2 amide bonds. The number of hydrogen-bond acceptors (Lipinski definition) is 3. The molecule has 1 heterocycles. The SMILES string of the molecule is CCCCN(C)C(=O)c1c(NC(=O)c2ccccc2)sc2c1CC[C@@H](C)C2. The first kappa shape index (κ1) is 19.6. The van der Waals surface area contributed by atoms with Gasteiger partial charge in [-0.3, -0.25) is 9.59 Å². The summed E-state index contributed by atoms with van der Waals surface area (Å²) in [6.07, 6.45) is 5.03. The lowest BCUT2D eigenvalue weighted by molar-refractivity contribution is 0.0793. The summed E-state index contributed by atoms with van der Waals surface area (Å²) in [4.78, 5) is 28.9. The molecule has 5 heteroatoms. The second kappa shape index (κ2) is 8.70. The molecule has 0 bridgehead atoms. The van der Waals surface area contributed by atoms with Crippen LogP contribution in [-0.4, -0.2) is 30.3 Å². The fraction of sp³-hybridized carbons (Fsp3) is 0.455. The van der Waals surface area contributed by atoms with Crippen molar-refractivity contribution in [3.8, 4) is 0 Å². The molecule has 1 aliphatic carbocycles. The largest absolute Gasteiger partial charge is 0.342 e. The minimum absolute atomic E-state index is 0.0267. The molecule has 3 rings (SSSR count). The summed E-state index contributed by atoms with van der Waals surface area (Å²) in [5.41, 5.74) is 2.47. The molecule has 0 saturated heterocycles. The average molecular weight is 385 g/mol. The van der Waals surface area contributed by atoms with Gasteiger partial charge in [0, 0.05) is 24.0 Å². The van der Waals surface area contributed by atoms with Crippen molar-refractivity contribution in [1.82, 2.24) is 4.90 Å². The predicted molar refractivity (Wildman–Crippen MR) is 112 cm³/mol. The van der Waals surface area contributed by atoms with Crippen LogP contribution in [0.5, 0.6) is 0 Å². The van der Waals surface area contributed by atoms with Crippen molar-refractivity contribution >= 4 is 28.2 Å². The molecule has 0 saturated carbocycles. The number of benzene rings is 1. The number of hydrogen-bond donors (Lipinski definition) is 1. The van der Waals surface area contributed by atoms with Gasteiger partial charge in [-0.2, -0.15) is 0 Å². The zero-order valence-corrected chi connectivity index (χ0v) is 17.2. The van der Waals surface area contributed by atoms with Gasteiger partial charge in [0.15, 0.2) is 0 Å².